The molecule has 1 fully saturated rings. The highest BCUT2D eigenvalue weighted by atomic mass is 32.2. The van der Waals surface area contributed by atoms with Gasteiger partial charge in [0.2, 0.25) is 16.8 Å². The Labute approximate surface area is 173 Å². The summed E-state index contributed by atoms with van der Waals surface area (Å²) >= 11 is 1.54. The second kappa shape index (κ2) is 9.02. The molecule has 29 heavy (non-hydrogen) atoms. The number of anilines is 1. The summed E-state index contributed by atoms with van der Waals surface area (Å²) in [6.07, 6.45) is 2.88. The van der Waals surface area contributed by atoms with Crippen LogP contribution >= 0.6 is 11.8 Å². The molecule has 1 saturated heterocycles. The van der Waals surface area contributed by atoms with E-state index in [2.05, 4.69) is 5.32 Å². The van der Waals surface area contributed by atoms with E-state index in [0.717, 1.165) is 9.20 Å². The SMILES string of the molecule is CCOC(=O)c1ccc(S(=O)(=O)N2CCCC2C(=O)Nc2cccc(SC)c2)o1. The van der Waals surface area contributed by atoms with Crippen molar-refractivity contribution in [3.63, 3.8) is 0 Å². The minimum atomic E-state index is -4.07. The summed E-state index contributed by atoms with van der Waals surface area (Å²) in [5.41, 5.74) is 0.605. The summed E-state index contributed by atoms with van der Waals surface area (Å²) in [6.45, 7) is 1.98. The van der Waals surface area contributed by atoms with Gasteiger partial charge >= 0.3 is 5.97 Å². The van der Waals surface area contributed by atoms with E-state index < -0.39 is 27.9 Å². The maximum absolute atomic E-state index is 13.0. The second-order valence-corrected chi connectivity index (χ2v) is 9.04. The molecule has 0 radical (unpaired) electrons. The lowest BCUT2D eigenvalue weighted by Crippen LogP contribution is -2.43. The van der Waals surface area contributed by atoms with Crippen molar-refractivity contribution in [3.8, 4) is 0 Å². The van der Waals surface area contributed by atoms with Crippen molar-refractivity contribution >= 4 is 39.3 Å². The molecule has 3 rings (SSSR count). The normalized spacial score (nSPS) is 17.2. The summed E-state index contributed by atoms with van der Waals surface area (Å²) in [5.74, 6) is -1.33. The molecule has 1 amide bonds. The van der Waals surface area contributed by atoms with Crippen LogP contribution in [0.4, 0.5) is 5.69 Å². The van der Waals surface area contributed by atoms with Crippen molar-refractivity contribution in [2.45, 2.75) is 35.8 Å². The maximum atomic E-state index is 13.0. The number of hydrogen-bond donors (Lipinski definition) is 1. The van der Waals surface area contributed by atoms with Crippen LogP contribution in [0.3, 0.4) is 0 Å². The number of sulfonamides is 1. The van der Waals surface area contributed by atoms with Crippen LogP contribution in [0.25, 0.3) is 0 Å². The maximum Gasteiger partial charge on any atom is 0.374 e. The molecule has 0 aliphatic carbocycles. The fraction of sp³-hybridized carbons (Fsp3) is 0.368. The molecule has 0 spiro atoms. The first-order valence-corrected chi connectivity index (χ1v) is 11.8. The van der Waals surface area contributed by atoms with E-state index in [-0.39, 0.29) is 24.0 Å². The Hall–Kier alpha value is -2.30. The number of amides is 1. The molecule has 156 valence electrons. The summed E-state index contributed by atoms with van der Waals surface area (Å²) in [5, 5.41) is 2.40. The van der Waals surface area contributed by atoms with E-state index in [0.29, 0.717) is 18.5 Å². The molecular weight excluding hydrogens is 416 g/mol. The molecule has 1 aliphatic rings. The number of ether oxygens (including phenoxy) is 1. The molecule has 1 unspecified atom stereocenters. The molecule has 1 atom stereocenters. The number of furan rings is 1. The van der Waals surface area contributed by atoms with Crippen LogP contribution in [0.2, 0.25) is 0 Å². The summed E-state index contributed by atoms with van der Waals surface area (Å²) in [4.78, 5) is 25.5. The van der Waals surface area contributed by atoms with Crippen molar-refractivity contribution in [1.29, 1.82) is 0 Å². The summed E-state index contributed by atoms with van der Waals surface area (Å²) in [6, 6.07) is 8.93. The first-order chi connectivity index (χ1) is 13.9. The van der Waals surface area contributed by atoms with Crippen LogP contribution in [-0.4, -0.2) is 50.0 Å². The van der Waals surface area contributed by atoms with Crippen LogP contribution < -0.4 is 5.32 Å². The highest BCUT2D eigenvalue weighted by Gasteiger charge is 2.41. The Morgan fingerprint density at radius 3 is 2.83 bits per heavy atom. The standard InChI is InChI=1S/C19H22N2O6S2/c1-3-26-19(23)16-9-10-17(27-16)29(24,25)21-11-5-8-15(21)18(22)20-13-6-4-7-14(12-13)28-2/h4,6-7,9-10,12,15H,3,5,8,11H2,1-2H3,(H,20,22). The largest absolute Gasteiger partial charge is 0.460 e. The zero-order chi connectivity index (χ0) is 21.0. The van der Waals surface area contributed by atoms with Crippen LogP contribution in [0.1, 0.15) is 30.3 Å². The number of carbonyl (C=O) groups excluding carboxylic acids is 2. The molecule has 0 bridgehead atoms. The Kier molecular flexibility index (Phi) is 6.66. The number of thioether (sulfide) groups is 1. The highest BCUT2D eigenvalue weighted by molar-refractivity contribution is 7.98. The molecule has 2 aromatic rings. The average Bonchev–Trinajstić information content (AvgIpc) is 3.38. The van der Waals surface area contributed by atoms with Crippen molar-refractivity contribution < 1.29 is 27.2 Å². The van der Waals surface area contributed by atoms with Crippen molar-refractivity contribution in [1.82, 2.24) is 4.31 Å². The molecule has 1 N–H and O–H groups in total. The lowest BCUT2D eigenvalue weighted by atomic mass is 10.2. The van der Waals surface area contributed by atoms with Crippen LogP contribution in [-0.2, 0) is 19.6 Å². The van der Waals surface area contributed by atoms with Gasteiger partial charge in [-0.3, -0.25) is 4.79 Å². The zero-order valence-corrected chi connectivity index (χ0v) is 17.7. The molecule has 0 saturated carbocycles. The van der Waals surface area contributed by atoms with Crippen molar-refractivity contribution in [3.05, 3.63) is 42.2 Å². The summed E-state index contributed by atoms with van der Waals surface area (Å²) in [7, 11) is -4.07. The molecule has 8 nitrogen and oxygen atoms in total. The third-order valence-electron chi connectivity index (χ3n) is 4.46. The Bertz CT molecular complexity index is 1000. The number of carbonyl (C=O) groups is 2. The lowest BCUT2D eigenvalue weighted by Gasteiger charge is -2.22. The zero-order valence-electron chi connectivity index (χ0n) is 16.1. The van der Waals surface area contributed by atoms with Gasteiger partial charge in [0.05, 0.1) is 6.61 Å². The first kappa shape index (κ1) is 21.4. The number of benzene rings is 1. The van der Waals surface area contributed by atoms with Gasteiger partial charge in [-0.15, -0.1) is 11.8 Å². The Morgan fingerprint density at radius 1 is 1.31 bits per heavy atom. The van der Waals surface area contributed by atoms with E-state index in [1.165, 1.54) is 12.1 Å². The first-order valence-electron chi connectivity index (χ1n) is 9.10. The third kappa shape index (κ3) is 4.65. The minimum absolute atomic E-state index is 0.147. The number of rotatable bonds is 7. The number of hydrogen-bond acceptors (Lipinski definition) is 7. The Balaban J connectivity index is 1.78. The highest BCUT2D eigenvalue weighted by Crippen LogP contribution is 2.28. The van der Waals surface area contributed by atoms with Crippen molar-refractivity contribution in [2.24, 2.45) is 0 Å². The quantitative estimate of drug-likeness (QED) is 0.523. The van der Waals surface area contributed by atoms with E-state index >= 15 is 0 Å². The topological polar surface area (TPSA) is 106 Å². The fourth-order valence-corrected chi connectivity index (χ4v) is 5.13. The Morgan fingerprint density at radius 2 is 2.10 bits per heavy atom. The van der Waals surface area contributed by atoms with Crippen LogP contribution in [0, 0.1) is 0 Å². The fourth-order valence-electron chi connectivity index (χ4n) is 3.10. The summed E-state index contributed by atoms with van der Waals surface area (Å²) < 4.78 is 37.1. The molecule has 2 heterocycles. The van der Waals surface area contributed by atoms with Crippen LogP contribution in [0.15, 0.2) is 50.8 Å². The third-order valence-corrected chi connectivity index (χ3v) is 6.97. The van der Waals surface area contributed by atoms with E-state index in [9.17, 15) is 18.0 Å². The average molecular weight is 439 g/mol. The molecular formula is C19H22N2O6S2. The van der Waals surface area contributed by atoms with Gasteiger partial charge in [-0.2, -0.15) is 4.31 Å². The smallest absolute Gasteiger partial charge is 0.374 e. The van der Waals surface area contributed by atoms with Gasteiger partial charge in [-0.25, -0.2) is 13.2 Å². The predicted octanol–water partition coefficient (Wildman–Crippen LogP) is 2.97. The second-order valence-electron chi connectivity index (χ2n) is 6.33. The number of nitrogens with one attached hydrogen (secondary N) is 1. The van der Waals surface area contributed by atoms with E-state index in [4.69, 9.17) is 9.15 Å². The lowest BCUT2D eigenvalue weighted by molar-refractivity contribution is -0.119. The number of esters is 1. The van der Waals surface area contributed by atoms with E-state index in [1.807, 2.05) is 24.5 Å². The van der Waals surface area contributed by atoms with Crippen LogP contribution in [0.5, 0.6) is 0 Å². The number of nitrogens with zero attached hydrogens (tertiary/aromatic N) is 1. The molecule has 1 aliphatic heterocycles. The molecule has 1 aromatic carbocycles. The van der Waals surface area contributed by atoms with Gasteiger partial charge in [0.15, 0.2) is 0 Å². The predicted molar refractivity (Wildman–Crippen MR) is 108 cm³/mol. The van der Waals surface area contributed by atoms with Gasteiger partial charge < -0.3 is 14.5 Å². The minimum Gasteiger partial charge on any atom is -0.460 e. The molecule has 1 aromatic heterocycles. The monoisotopic (exact) mass is 438 g/mol. The van der Waals surface area contributed by atoms with Gasteiger partial charge in [0.25, 0.3) is 10.0 Å². The molecule has 10 heteroatoms. The van der Waals surface area contributed by atoms with Gasteiger partial charge in [-0.05, 0) is 56.4 Å². The van der Waals surface area contributed by atoms with Gasteiger partial charge in [0, 0.05) is 17.1 Å². The van der Waals surface area contributed by atoms with Gasteiger partial charge in [-0.1, -0.05) is 6.07 Å². The van der Waals surface area contributed by atoms with E-state index in [1.54, 1.807) is 24.8 Å². The van der Waals surface area contributed by atoms with Crippen molar-refractivity contribution in [2.75, 3.05) is 24.7 Å². The van der Waals surface area contributed by atoms with Gasteiger partial charge in [0.1, 0.15) is 6.04 Å².